The Balaban J connectivity index is 1.35. The first-order valence-corrected chi connectivity index (χ1v) is 10.9. The number of fused-ring (bicyclic) bond motifs is 1. The molecule has 0 radical (unpaired) electrons. The van der Waals surface area contributed by atoms with E-state index in [4.69, 9.17) is 4.74 Å². The van der Waals surface area contributed by atoms with Gasteiger partial charge in [-0.05, 0) is 24.3 Å². The minimum atomic E-state index is -3.57. The second kappa shape index (κ2) is 7.89. The molecule has 0 spiro atoms. The molecule has 1 aliphatic rings. The number of rotatable bonds is 6. The van der Waals surface area contributed by atoms with Crippen molar-refractivity contribution >= 4 is 32.8 Å². The van der Waals surface area contributed by atoms with E-state index in [1.54, 1.807) is 18.2 Å². The van der Waals surface area contributed by atoms with Gasteiger partial charge >= 0.3 is 0 Å². The first-order valence-electron chi connectivity index (χ1n) is 8.76. The average Bonchev–Trinajstić information content (AvgIpc) is 3.18. The van der Waals surface area contributed by atoms with Gasteiger partial charge in [0.05, 0.1) is 11.7 Å². The predicted molar refractivity (Wildman–Crippen MR) is 105 cm³/mol. The molecule has 1 aromatic heterocycles. The van der Waals surface area contributed by atoms with Crippen molar-refractivity contribution in [3.05, 3.63) is 48.5 Å². The zero-order valence-corrected chi connectivity index (χ0v) is 16.3. The molecule has 0 bridgehead atoms. The van der Waals surface area contributed by atoms with Crippen LogP contribution in [0.5, 0.6) is 5.75 Å². The van der Waals surface area contributed by atoms with Crippen LogP contribution in [0.2, 0.25) is 0 Å². The molecular weight excluding hydrogens is 384 g/mol. The normalized spacial score (nSPS) is 16.6. The maximum atomic E-state index is 13.0. The quantitative estimate of drug-likeness (QED) is 0.626. The van der Waals surface area contributed by atoms with Crippen LogP contribution in [0.1, 0.15) is 0 Å². The topological polar surface area (TPSA) is 75.6 Å². The molecule has 4 rings (SSSR count). The van der Waals surface area contributed by atoms with E-state index < -0.39 is 10.0 Å². The van der Waals surface area contributed by atoms with Crippen LogP contribution < -0.4 is 4.74 Å². The fourth-order valence-electron chi connectivity index (χ4n) is 3.13. The summed E-state index contributed by atoms with van der Waals surface area (Å²) in [4.78, 5) is 2.47. The number of hydrogen-bond acceptors (Lipinski definition) is 7. The van der Waals surface area contributed by atoms with Gasteiger partial charge in [0.25, 0.3) is 0 Å². The zero-order chi connectivity index (χ0) is 18.7. The molecule has 3 aromatic rings. The van der Waals surface area contributed by atoms with Gasteiger partial charge in [0.15, 0.2) is 0 Å². The molecular formula is C18H20N4O3S2. The summed E-state index contributed by atoms with van der Waals surface area (Å²) in [6.07, 6.45) is 0. The summed E-state index contributed by atoms with van der Waals surface area (Å²) in [5, 5.41) is 0. The van der Waals surface area contributed by atoms with Gasteiger partial charge in [-0.2, -0.15) is 13.1 Å². The highest BCUT2D eigenvalue weighted by atomic mass is 32.2. The van der Waals surface area contributed by atoms with E-state index in [-0.39, 0.29) is 4.90 Å². The van der Waals surface area contributed by atoms with Gasteiger partial charge in [0, 0.05) is 32.7 Å². The van der Waals surface area contributed by atoms with E-state index in [1.807, 2.05) is 30.3 Å². The van der Waals surface area contributed by atoms with Gasteiger partial charge in [-0.15, -0.1) is 0 Å². The van der Waals surface area contributed by atoms with Crippen LogP contribution in [-0.2, 0) is 10.0 Å². The maximum absolute atomic E-state index is 13.0. The third-order valence-corrected chi connectivity index (χ3v) is 7.09. The Kier molecular flexibility index (Phi) is 5.35. The minimum Gasteiger partial charge on any atom is -0.492 e. The molecule has 0 saturated carbocycles. The SMILES string of the molecule is O=S(=O)(c1cccc2nsnc12)N1CCN(CCOc2ccccc2)CC1. The molecule has 0 atom stereocenters. The lowest BCUT2D eigenvalue weighted by atomic mass is 10.3. The van der Waals surface area contributed by atoms with E-state index in [1.165, 1.54) is 4.31 Å². The standard InChI is InChI=1S/C18H20N4O3S2/c23-27(24,17-8-4-7-16-18(17)20-26-19-16)22-11-9-21(10-12-22)13-14-25-15-5-2-1-3-6-15/h1-8H,9-14H2. The number of ether oxygens (including phenoxy) is 1. The van der Waals surface area contributed by atoms with Crippen LogP contribution in [0.15, 0.2) is 53.4 Å². The lowest BCUT2D eigenvalue weighted by Gasteiger charge is -2.33. The lowest BCUT2D eigenvalue weighted by molar-refractivity contribution is 0.159. The van der Waals surface area contributed by atoms with Gasteiger partial charge in [-0.1, -0.05) is 24.3 Å². The van der Waals surface area contributed by atoms with Gasteiger partial charge in [0.1, 0.15) is 28.3 Å². The van der Waals surface area contributed by atoms with E-state index in [0.717, 1.165) is 24.0 Å². The molecule has 27 heavy (non-hydrogen) atoms. The first kappa shape index (κ1) is 18.3. The molecule has 9 heteroatoms. The lowest BCUT2D eigenvalue weighted by Crippen LogP contribution is -2.49. The fourth-order valence-corrected chi connectivity index (χ4v) is 5.31. The maximum Gasteiger partial charge on any atom is 0.245 e. The van der Waals surface area contributed by atoms with Crippen LogP contribution in [0, 0.1) is 0 Å². The summed E-state index contributed by atoms with van der Waals surface area (Å²) >= 11 is 1.03. The molecule has 0 aliphatic carbocycles. The highest BCUT2D eigenvalue weighted by molar-refractivity contribution is 7.89. The Hall–Kier alpha value is -2.07. The van der Waals surface area contributed by atoms with E-state index >= 15 is 0 Å². The first-order chi connectivity index (χ1) is 13.1. The third-order valence-electron chi connectivity index (χ3n) is 4.62. The summed E-state index contributed by atoms with van der Waals surface area (Å²) in [6.45, 7) is 3.64. The van der Waals surface area contributed by atoms with Crippen molar-refractivity contribution in [2.75, 3.05) is 39.3 Å². The summed E-state index contributed by atoms with van der Waals surface area (Å²) in [7, 11) is -3.57. The number of sulfonamides is 1. The van der Waals surface area contributed by atoms with Gasteiger partial charge < -0.3 is 4.74 Å². The molecule has 7 nitrogen and oxygen atoms in total. The molecule has 0 amide bonds. The van der Waals surface area contributed by atoms with Crippen molar-refractivity contribution in [2.24, 2.45) is 0 Å². The van der Waals surface area contributed by atoms with Crippen LogP contribution in [0.3, 0.4) is 0 Å². The second-order valence-corrected chi connectivity index (χ2v) is 8.73. The number of hydrogen-bond donors (Lipinski definition) is 0. The molecule has 142 valence electrons. The number of para-hydroxylation sites is 1. The molecule has 2 heterocycles. The largest absolute Gasteiger partial charge is 0.492 e. The summed E-state index contributed by atoms with van der Waals surface area (Å²) < 4.78 is 41.6. The van der Waals surface area contributed by atoms with Gasteiger partial charge in [-0.3, -0.25) is 4.90 Å². The van der Waals surface area contributed by atoms with Crippen LogP contribution >= 0.6 is 11.7 Å². The molecule has 1 aliphatic heterocycles. The van der Waals surface area contributed by atoms with Crippen LogP contribution in [0.4, 0.5) is 0 Å². The second-order valence-electron chi connectivity index (χ2n) is 6.30. The Morgan fingerprint density at radius 1 is 0.963 bits per heavy atom. The Labute approximate surface area is 162 Å². The smallest absolute Gasteiger partial charge is 0.245 e. The highest BCUT2D eigenvalue weighted by Crippen LogP contribution is 2.25. The molecule has 1 saturated heterocycles. The molecule has 0 unspecified atom stereocenters. The Morgan fingerprint density at radius 2 is 1.74 bits per heavy atom. The highest BCUT2D eigenvalue weighted by Gasteiger charge is 2.30. The minimum absolute atomic E-state index is 0.245. The van der Waals surface area contributed by atoms with Crippen molar-refractivity contribution in [1.29, 1.82) is 0 Å². The zero-order valence-electron chi connectivity index (χ0n) is 14.7. The van der Waals surface area contributed by atoms with E-state index in [2.05, 4.69) is 13.6 Å². The van der Waals surface area contributed by atoms with E-state index in [0.29, 0.717) is 43.8 Å². The third kappa shape index (κ3) is 3.96. The van der Waals surface area contributed by atoms with Crippen molar-refractivity contribution < 1.29 is 13.2 Å². The van der Waals surface area contributed by atoms with Crippen molar-refractivity contribution in [3.63, 3.8) is 0 Å². The Morgan fingerprint density at radius 3 is 2.52 bits per heavy atom. The van der Waals surface area contributed by atoms with Gasteiger partial charge in [0.2, 0.25) is 10.0 Å². The molecule has 2 aromatic carbocycles. The molecule has 1 fully saturated rings. The monoisotopic (exact) mass is 404 g/mol. The number of nitrogens with zero attached hydrogens (tertiary/aromatic N) is 4. The van der Waals surface area contributed by atoms with Gasteiger partial charge in [-0.25, -0.2) is 8.42 Å². The van der Waals surface area contributed by atoms with Crippen LogP contribution in [-0.4, -0.2) is 65.7 Å². The fraction of sp³-hybridized carbons (Fsp3) is 0.333. The summed E-state index contributed by atoms with van der Waals surface area (Å²) in [6, 6.07) is 14.8. The van der Waals surface area contributed by atoms with E-state index in [9.17, 15) is 8.42 Å². The summed E-state index contributed by atoms with van der Waals surface area (Å²) in [5.74, 6) is 0.851. The van der Waals surface area contributed by atoms with Crippen molar-refractivity contribution in [3.8, 4) is 5.75 Å². The Bertz CT molecular complexity index is 1000. The summed E-state index contributed by atoms with van der Waals surface area (Å²) in [5.41, 5.74) is 1.08. The average molecular weight is 405 g/mol. The van der Waals surface area contributed by atoms with Crippen molar-refractivity contribution in [2.45, 2.75) is 4.90 Å². The number of piperazine rings is 1. The molecule has 0 N–H and O–H groups in total. The van der Waals surface area contributed by atoms with Crippen LogP contribution in [0.25, 0.3) is 11.0 Å². The predicted octanol–water partition coefficient (Wildman–Crippen LogP) is 2.08. The van der Waals surface area contributed by atoms with Crippen molar-refractivity contribution in [1.82, 2.24) is 18.0 Å². The number of aromatic nitrogens is 2. The number of benzene rings is 2.